The van der Waals surface area contributed by atoms with E-state index < -0.39 is 6.10 Å². The van der Waals surface area contributed by atoms with Crippen LogP contribution in [0.5, 0.6) is 0 Å². The molecule has 0 aromatic heterocycles. The fraction of sp³-hybridized carbons (Fsp3) is 0.533. The first kappa shape index (κ1) is 15.1. The predicted molar refractivity (Wildman–Crippen MR) is 79.8 cm³/mol. The molecule has 0 aliphatic carbocycles. The Labute approximate surface area is 124 Å². The molecule has 1 aliphatic heterocycles. The third kappa shape index (κ3) is 3.64. The van der Waals surface area contributed by atoms with Crippen LogP contribution in [0.3, 0.4) is 0 Å². The van der Waals surface area contributed by atoms with Crippen LogP contribution in [0.4, 0.5) is 4.79 Å². The fourth-order valence-corrected chi connectivity index (χ4v) is 2.74. The molecule has 1 heterocycles. The molecule has 20 heavy (non-hydrogen) atoms. The normalized spacial score (nSPS) is 17.9. The van der Waals surface area contributed by atoms with Crippen LogP contribution >= 0.6 is 11.6 Å². The zero-order valence-corrected chi connectivity index (χ0v) is 12.4. The van der Waals surface area contributed by atoms with Gasteiger partial charge in [0.15, 0.2) is 0 Å². The lowest BCUT2D eigenvalue weighted by Crippen LogP contribution is -2.45. The number of urea groups is 1. The van der Waals surface area contributed by atoms with E-state index in [0.29, 0.717) is 24.7 Å². The quantitative estimate of drug-likeness (QED) is 0.901. The van der Waals surface area contributed by atoms with Gasteiger partial charge in [0.2, 0.25) is 0 Å². The number of hydrogen-bond acceptors (Lipinski definition) is 2. The highest BCUT2D eigenvalue weighted by molar-refractivity contribution is 6.30. The number of carbonyl (C=O) groups excluding carboxylic acids is 1. The molecule has 1 aromatic carbocycles. The molecule has 1 fully saturated rings. The maximum Gasteiger partial charge on any atom is 0.317 e. The van der Waals surface area contributed by atoms with Crippen molar-refractivity contribution in [3.05, 3.63) is 34.9 Å². The molecule has 4 nitrogen and oxygen atoms in total. The van der Waals surface area contributed by atoms with Crippen LogP contribution in [-0.4, -0.2) is 35.7 Å². The van der Waals surface area contributed by atoms with E-state index in [9.17, 15) is 9.90 Å². The SMILES string of the molecule is CCNC(=O)N1CCC(C(O)c2ccc(Cl)cc2)CC1. The highest BCUT2D eigenvalue weighted by Gasteiger charge is 2.27. The van der Waals surface area contributed by atoms with Crippen molar-refractivity contribution in [2.75, 3.05) is 19.6 Å². The van der Waals surface area contributed by atoms with E-state index in [1.165, 1.54) is 0 Å². The molecule has 0 spiro atoms. The van der Waals surface area contributed by atoms with Crippen LogP contribution < -0.4 is 5.32 Å². The number of hydrogen-bond donors (Lipinski definition) is 2. The molecular weight excluding hydrogens is 276 g/mol. The Bertz CT molecular complexity index is 442. The lowest BCUT2D eigenvalue weighted by atomic mass is 9.87. The van der Waals surface area contributed by atoms with Gasteiger partial charge in [0, 0.05) is 24.7 Å². The number of nitrogens with one attached hydrogen (secondary N) is 1. The Morgan fingerprint density at radius 3 is 2.55 bits per heavy atom. The van der Waals surface area contributed by atoms with E-state index in [1.807, 2.05) is 24.0 Å². The molecule has 2 amide bonds. The first-order chi connectivity index (χ1) is 9.61. The zero-order valence-electron chi connectivity index (χ0n) is 11.7. The van der Waals surface area contributed by atoms with Gasteiger partial charge in [0.05, 0.1) is 6.10 Å². The molecule has 0 radical (unpaired) electrons. The van der Waals surface area contributed by atoms with Crippen molar-refractivity contribution in [2.24, 2.45) is 5.92 Å². The molecule has 5 heteroatoms. The predicted octanol–water partition coefficient (Wildman–Crippen LogP) is 2.81. The van der Waals surface area contributed by atoms with E-state index in [0.717, 1.165) is 18.4 Å². The van der Waals surface area contributed by atoms with Gasteiger partial charge in [0.1, 0.15) is 0 Å². The number of piperidine rings is 1. The number of aliphatic hydroxyl groups is 1. The molecule has 1 unspecified atom stereocenters. The molecule has 0 bridgehead atoms. The number of carbonyl (C=O) groups is 1. The summed E-state index contributed by atoms with van der Waals surface area (Å²) in [5, 5.41) is 13.9. The van der Waals surface area contributed by atoms with Gasteiger partial charge in [-0.15, -0.1) is 0 Å². The summed E-state index contributed by atoms with van der Waals surface area (Å²) < 4.78 is 0. The standard InChI is InChI=1S/C15H21ClN2O2/c1-2-17-15(20)18-9-7-12(8-10-18)14(19)11-3-5-13(16)6-4-11/h3-6,12,14,19H,2,7-10H2,1H3,(H,17,20). The minimum atomic E-state index is -0.483. The van der Waals surface area contributed by atoms with Crippen molar-refractivity contribution >= 4 is 17.6 Å². The van der Waals surface area contributed by atoms with Gasteiger partial charge in [-0.05, 0) is 43.4 Å². The Morgan fingerprint density at radius 1 is 1.40 bits per heavy atom. The van der Waals surface area contributed by atoms with E-state index in [2.05, 4.69) is 5.32 Å². The van der Waals surface area contributed by atoms with Crippen molar-refractivity contribution in [1.82, 2.24) is 10.2 Å². The van der Waals surface area contributed by atoms with Gasteiger partial charge in [0.25, 0.3) is 0 Å². The maximum atomic E-state index is 11.7. The van der Waals surface area contributed by atoms with Gasteiger partial charge in [-0.25, -0.2) is 4.79 Å². The lowest BCUT2D eigenvalue weighted by Gasteiger charge is -2.34. The number of amides is 2. The summed E-state index contributed by atoms with van der Waals surface area (Å²) in [5.74, 6) is 0.196. The summed E-state index contributed by atoms with van der Waals surface area (Å²) >= 11 is 5.85. The zero-order chi connectivity index (χ0) is 14.5. The molecule has 110 valence electrons. The highest BCUT2D eigenvalue weighted by Crippen LogP contribution is 2.31. The Balaban J connectivity index is 1.90. The van der Waals surface area contributed by atoms with Crippen LogP contribution in [0.25, 0.3) is 0 Å². The highest BCUT2D eigenvalue weighted by atomic mass is 35.5. The van der Waals surface area contributed by atoms with Gasteiger partial charge in [-0.2, -0.15) is 0 Å². The minimum Gasteiger partial charge on any atom is -0.388 e. The smallest absolute Gasteiger partial charge is 0.317 e. The lowest BCUT2D eigenvalue weighted by molar-refractivity contribution is 0.0666. The molecule has 1 aliphatic rings. The Morgan fingerprint density at radius 2 is 2.00 bits per heavy atom. The Kier molecular flexibility index (Phi) is 5.26. The molecule has 2 N–H and O–H groups in total. The van der Waals surface area contributed by atoms with E-state index >= 15 is 0 Å². The third-order valence-electron chi connectivity index (χ3n) is 3.81. The largest absolute Gasteiger partial charge is 0.388 e. The molecule has 1 saturated heterocycles. The molecule has 1 atom stereocenters. The Hall–Kier alpha value is -1.26. The summed E-state index contributed by atoms with van der Waals surface area (Å²) in [6, 6.07) is 7.31. The molecule has 2 rings (SSSR count). The number of benzene rings is 1. The van der Waals surface area contributed by atoms with Gasteiger partial charge >= 0.3 is 6.03 Å². The number of halogens is 1. The molecule has 0 saturated carbocycles. The van der Waals surface area contributed by atoms with Crippen molar-refractivity contribution in [1.29, 1.82) is 0 Å². The van der Waals surface area contributed by atoms with Crippen LogP contribution in [0.2, 0.25) is 5.02 Å². The number of nitrogens with zero attached hydrogens (tertiary/aromatic N) is 1. The second-order valence-corrected chi connectivity index (χ2v) is 5.59. The minimum absolute atomic E-state index is 0.00747. The summed E-state index contributed by atoms with van der Waals surface area (Å²) in [5.41, 5.74) is 0.894. The fourth-order valence-electron chi connectivity index (χ4n) is 2.61. The van der Waals surface area contributed by atoms with Gasteiger partial charge in [-0.3, -0.25) is 0 Å². The summed E-state index contributed by atoms with van der Waals surface area (Å²) in [6.45, 7) is 3.95. The van der Waals surface area contributed by atoms with Crippen LogP contribution in [0.15, 0.2) is 24.3 Å². The van der Waals surface area contributed by atoms with Crippen molar-refractivity contribution in [3.63, 3.8) is 0 Å². The van der Waals surface area contributed by atoms with Crippen molar-refractivity contribution in [3.8, 4) is 0 Å². The monoisotopic (exact) mass is 296 g/mol. The van der Waals surface area contributed by atoms with Crippen molar-refractivity contribution in [2.45, 2.75) is 25.9 Å². The van der Waals surface area contributed by atoms with Crippen molar-refractivity contribution < 1.29 is 9.90 Å². The average Bonchev–Trinajstić information content (AvgIpc) is 2.48. The van der Waals surface area contributed by atoms with Gasteiger partial charge in [-0.1, -0.05) is 23.7 Å². The van der Waals surface area contributed by atoms with E-state index in [4.69, 9.17) is 11.6 Å². The number of rotatable bonds is 3. The summed E-state index contributed by atoms with van der Waals surface area (Å²) in [4.78, 5) is 13.5. The van der Waals surface area contributed by atoms with Gasteiger partial charge < -0.3 is 15.3 Å². The van der Waals surface area contributed by atoms with E-state index in [-0.39, 0.29) is 11.9 Å². The first-order valence-electron chi connectivity index (χ1n) is 7.08. The summed E-state index contributed by atoms with van der Waals surface area (Å²) in [6.07, 6.45) is 1.16. The second kappa shape index (κ2) is 6.95. The third-order valence-corrected chi connectivity index (χ3v) is 4.06. The second-order valence-electron chi connectivity index (χ2n) is 5.16. The maximum absolute atomic E-state index is 11.7. The number of aliphatic hydroxyl groups excluding tert-OH is 1. The van der Waals surface area contributed by atoms with Crippen LogP contribution in [0.1, 0.15) is 31.4 Å². The first-order valence-corrected chi connectivity index (χ1v) is 7.46. The average molecular weight is 297 g/mol. The van der Waals surface area contributed by atoms with Crippen LogP contribution in [0, 0.1) is 5.92 Å². The summed E-state index contributed by atoms with van der Waals surface area (Å²) in [7, 11) is 0. The molecule has 1 aromatic rings. The molecular formula is C15H21ClN2O2. The topological polar surface area (TPSA) is 52.6 Å². The van der Waals surface area contributed by atoms with E-state index in [1.54, 1.807) is 12.1 Å². The van der Waals surface area contributed by atoms with Crippen LogP contribution in [-0.2, 0) is 0 Å². The number of likely N-dealkylation sites (tertiary alicyclic amines) is 1.